The minimum Gasteiger partial charge on any atom is -0.339 e. The van der Waals surface area contributed by atoms with Gasteiger partial charge in [0.1, 0.15) is 12.4 Å². The third-order valence-corrected chi connectivity index (χ3v) is 6.31. The summed E-state index contributed by atoms with van der Waals surface area (Å²) in [5.74, 6) is 1.11. The Labute approximate surface area is 182 Å². The Kier molecular flexibility index (Phi) is 5.00. The molecule has 1 aliphatic carbocycles. The van der Waals surface area contributed by atoms with Crippen molar-refractivity contribution in [1.82, 2.24) is 14.5 Å². The van der Waals surface area contributed by atoms with Crippen LogP contribution in [-0.4, -0.2) is 44.9 Å². The molecule has 1 unspecified atom stereocenters. The minimum atomic E-state index is 0.0222. The van der Waals surface area contributed by atoms with Crippen molar-refractivity contribution in [2.24, 2.45) is 0 Å². The van der Waals surface area contributed by atoms with Gasteiger partial charge in [0.15, 0.2) is 0 Å². The van der Waals surface area contributed by atoms with Crippen LogP contribution in [-0.2, 0) is 16.1 Å². The third-order valence-electron chi connectivity index (χ3n) is 6.31. The number of likely N-dealkylation sites (tertiary alicyclic amines) is 1. The van der Waals surface area contributed by atoms with Crippen LogP contribution in [0.15, 0.2) is 54.6 Å². The maximum absolute atomic E-state index is 13.5. The van der Waals surface area contributed by atoms with Crippen LogP contribution in [0, 0.1) is 0 Å². The second kappa shape index (κ2) is 7.84. The van der Waals surface area contributed by atoms with E-state index < -0.39 is 0 Å². The average Bonchev–Trinajstić information content (AvgIpc) is 3.44. The Morgan fingerprint density at radius 1 is 1.10 bits per heavy atom. The largest absolute Gasteiger partial charge is 0.339 e. The predicted molar refractivity (Wildman–Crippen MR) is 121 cm³/mol. The van der Waals surface area contributed by atoms with E-state index in [0.29, 0.717) is 19.0 Å². The molecule has 0 radical (unpaired) electrons. The van der Waals surface area contributed by atoms with Crippen molar-refractivity contribution in [3.05, 3.63) is 60.4 Å². The lowest BCUT2D eigenvalue weighted by molar-refractivity contribution is -0.128. The van der Waals surface area contributed by atoms with Gasteiger partial charge in [-0.25, -0.2) is 4.98 Å². The summed E-state index contributed by atoms with van der Waals surface area (Å²) in [6, 6.07) is 18.2. The molecule has 1 aliphatic heterocycles. The molecule has 0 N–H and O–H groups in total. The summed E-state index contributed by atoms with van der Waals surface area (Å²) in [4.78, 5) is 34.8. The molecule has 31 heavy (non-hydrogen) atoms. The molecule has 6 heteroatoms. The number of carbonyl (C=O) groups excluding carboxylic acids is 2. The van der Waals surface area contributed by atoms with Crippen molar-refractivity contribution >= 4 is 28.5 Å². The lowest BCUT2D eigenvalue weighted by Gasteiger charge is -2.27. The van der Waals surface area contributed by atoms with Gasteiger partial charge < -0.3 is 14.4 Å². The van der Waals surface area contributed by atoms with Gasteiger partial charge in [0, 0.05) is 36.7 Å². The Balaban J connectivity index is 1.49. The van der Waals surface area contributed by atoms with E-state index in [-0.39, 0.29) is 30.3 Å². The zero-order chi connectivity index (χ0) is 21.5. The van der Waals surface area contributed by atoms with E-state index in [0.717, 1.165) is 35.4 Å². The van der Waals surface area contributed by atoms with Gasteiger partial charge >= 0.3 is 0 Å². The SMILES string of the molecule is CC(C)N(C(=O)Cn1c(C2CC(=O)N(C3CC3)C2)nc2ccccc21)c1ccccc1. The molecule has 2 aromatic carbocycles. The Morgan fingerprint density at radius 2 is 1.81 bits per heavy atom. The van der Waals surface area contributed by atoms with E-state index in [9.17, 15) is 9.59 Å². The van der Waals surface area contributed by atoms with E-state index in [2.05, 4.69) is 0 Å². The van der Waals surface area contributed by atoms with E-state index in [1.807, 2.05) is 82.8 Å². The number of imidazole rings is 1. The summed E-state index contributed by atoms with van der Waals surface area (Å²) in [5, 5.41) is 0. The number of nitrogens with zero attached hydrogens (tertiary/aromatic N) is 4. The smallest absolute Gasteiger partial charge is 0.247 e. The molecule has 1 aromatic heterocycles. The first-order valence-electron chi connectivity index (χ1n) is 11.1. The molecule has 1 saturated heterocycles. The second-order valence-corrected chi connectivity index (χ2v) is 8.92. The number of hydrogen-bond acceptors (Lipinski definition) is 3. The molecule has 1 saturated carbocycles. The van der Waals surface area contributed by atoms with Crippen LogP contribution >= 0.6 is 0 Å². The molecule has 3 aromatic rings. The summed E-state index contributed by atoms with van der Waals surface area (Å²) < 4.78 is 2.03. The first-order valence-corrected chi connectivity index (χ1v) is 11.1. The molecule has 0 spiro atoms. The highest BCUT2D eigenvalue weighted by Crippen LogP contribution is 2.37. The summed E-state index contributed by atoms with van der Waals surface area (Å²) in [5.41, 5.74) is 2.71. The van der Waals surface area contributed by atoms with Crippen LogP contribution in [0.25, 0.3) is 11.0 Å². The highest BCUT2D eigenvalue weighted by atomic mass is 16.2. The second-order valence-electron chi connectivity index (χ2n) is 8.92. The van der Waals surface area contributed by atoms with Crippen molar-refractivity contribution in [1.29, 1.82) is 0 Å². The quantitative estimate of drug-likeness (QED) is 0.611. The number of fused-ring (bicyclic) bond motifs is 1. The maximum atomic E-state index is 13.5. The fourth-order valence-electron chi connectivity index (χ4n) is 4.75. The molecule has 2 fully saturated rings. The van der Waals surface area contributed by atoms with E-state index in [4.69, 9.17) is 4.98 Å². The lowest BCUT2D eigenvalue weighted by Crippen LogP contribution is -2.39. The molecule has 5 rings (SSSR count). The maximum Gasteiger partial charge on any atom is 0.247 e. The Bertz CT molecular complexity index is 1120. The molecule has 0 bridgehead atoms. The first-order chi connectivity index (χ1) is 15.0. The summed E-state index contributed by atoms with van der Waals surface area (Å²) in [7, 11) is 0. The predicted octanol–water partition coefficient (Wildman–Crippen LogP) is 3.96. The number of hydrogen-bond donors (Lipinski definition) is 0. The van der Waals surface area contributed by atoms with Crippen molar-refractivity contribution < 1.29 is 9.59 Å². The van der Waals surface area contributed by atoms with Gasteiger partial charge in [-0.05, 0) is 51.0 Å². The van der Waals surface area contributed by atoms with Gasteiger partial charge in [-0.3, -0.25) is 9.59 Å². The summed E-state index contributed by atoms with van der Waals surface area (Å²) in [6.45, 7) is 4.96. The normalized spacial score (nSPS) is 18.9. The van der Waals surface area contributed by atoms with Crippen LogP contribution in [0.5, 0.6) is 0 Å². The van der Waals surface area contributed by atoms with Crippen molar-refractivity contribution in [2.75, 3.05) is 11.4 Å². The fraction of sp³-hybridized carbons (Fsp3) is 0.400. The molecule has 160 valence electrons. The van der Waals surface area contributed by atoms with Gasteiger partial charge in [0.2, 0.25) is 11.8 Å². The van der Waals surface area contributed by atoms with E-state index in [1.54, 1.807) is 0 Å². The van der Waals surface area contributed by atoms with Gasteiger partial charge in [-0.15, -0.1) is 0 Å². The van der Waals surface area contributed by atoms with Crippen molar-refractivity contribution in [2.45, 2.75) is 57.7 Å². The zero-order valence-corrected chi connectivity index (χ0v) is 18.1. The van der Waals surface area contributed by atoms with E-state index in [1.165, 1.54) is 0 Å². The number of anilines is 1. The average molecular weight is 417 g/mol. The fourth-order valence-corrected chi connectivity index (χ4v) is 4.75. The first kappa shape index (κ1) is 19.8. The van der Waals surface area contributed by atoms with Gasteiger partial charge in [-0.2, -0.15) is 0 Å². The number of benzene rings is 2. The summed E-state index contributed by atoms with van der Waals surface area (Å²) in [6.07, 6.45) is 2.68. The number of para-hydroxylation sites is 3. The number of rotatable bonds is 6. The highest BCUT2D eigenvalue weighted by molar-refractivity contribution is 5.94. The van der Waals surface area contributed by atoms with Gasteiger partial charge in [-0.1, -0.05) is 30.3 Å². The number of aromatic nitrogens is 2. The van der Waals surface area contributed by atoms with Crippen LogP contribution in [0.1, 0.15) is 44.9 Å². The molecule has 2 aliphatic rings. The summed E-state index contributed by atoms with van der Waals surface area (Å²) >= 11 is 0. The third kappa shape index (κ3) is 3.71. The topological polar surface area (TPSA) is 58.4 Å². The van der Waals surface area contributed by atoms with Crippen LogP contribution in [0.4, 0.5) is 5.69 Å². The van der Waals surface area contributed by atoms with Gasteiger partial charge in [0.05, 0.1) is 11.0 Å². The lowest BCUT2D eigenvalue weighted by atomic mass is 10.1. The molecular formula is C25H28N4O2. The Hall–Kier alpha value is -3.15. The van der Waals surface area contributed by atoms with E-state index >= 15 is 0 Å². The Morgan fingerprint density at radius 3 is 2.52 bits per heavy atom. The standard InChI is InChI=1S/C25H28N4O2/c1-17(2)29(20-8-4-3-5-9-20)24(31)16-28-22-11-7-6-10-21(22)26-25(28)18-14-23(30)27(15-18)19-12-13-19/h3-11,17-19H,12-16H2,1-2H3. The van der Waals surface area contributed by atoms with Crippen LogP contribution < -0.4 is 4.90 Å². The molecule has 6 nitrogen and oxygen atoms in total. The number of amides is 2. The van der Waals surface area contributed by atoms with Crippen LogP contribution in [0.3, 0.4) is 0 Å². The van der Waals surface area contributed by atoms with Crippen molar-refractivity contribution in [3.63, 3.8) is 0 Å². The molecule has 1 atom stereocenters. The zero-order valence-electron chi connectivity index (χ0n) is 18.1. The monoisotopic (exact) mass is 416 g/mol. The highest BCUT2D eigenvalue weighted by Gasteiger charge is 2.41. The van der Waals surface area contributed by atoms with Crippen molar-refractivity contribution in [3.8, 4) is 0 Å². The molecule has 2 heterocycles. The molecule has 2 amide bonds. The molecular weight excluding hydrogens is 388 g/mol. The van der Waals surface area contributed by atoms with Crippen LogP contribution in [0.2, 0.25) is 0 Å². The number of carbonyl (C=O) groups is 2. The minimum absolute atomic E-state index is 0.0222. The van der Waals surface area contributed by atoms with Gasteiger partial charge in [0.25, 0.3) is 0 Å².